The summed E-state index contributed by atoms with van der Waals surface area (Å²) in [5, 5.41) is 11.5. The summed E-state index contributed by atoms with van der Waals surface area (Å²) in [6.07, 6.45) is 1.34. The smallest absolute Gasteiger partial charge is 0.335 e. The molecule has 1 aliphatic rings. The molecule has 2 aromatic rings. The van der Waals surface area contributed by atoms with Gasteiger partial charge in [-0.15, -0.1) is 0 Å². The predicted molar refractivity (Wildman–Crippen MR) is 116 cm³/mol. The highest BCUT2D eigenvalue weighted by atomic mass is 32.1. The summed E-state index contributed by atoms with van der Waals surface area (Å²) >= 11 is 5.15. The van der Waals surface area contributed by atoms with E-state index in [0.29, 0.717) is 17.1 Å². The van der Waals surface area contributed by atoms with Gasteiger partial charge in [0.25, 0.3) is 11.8 Å². The number of methoxy groups -OCH3 is 3. The fourth-order valence-electron chi connectivity index (χ4n) is 3.06. The van der Waals surface area contributed by atoms with E-state index in [1.165, 1.54) is 51.7 Å². The van der Waals surface area contributed by atoms with Crippen LogP contribution in [0.5, 0.6) is 17.2 Å². The Hall–Kier alpha value is -3.92. The predicted octanol–water partition coefficient (Wildman–Crippen LogP) is 2.24. The zero-order chi connectivity index (χ0) is 22.7. The molecule has 0 aliphatic carbocycles. The summed E-state index contributed by atoms with van der Waals surface area (Å²) in [6.45, 7) is 0. The lowest BCUT2D eigenvalue weighted by molar-refractivity contribution is -0.122. The van der Waals surface area contributed by atoms with E-state index in [2.05, 4.69) is 5.32 Å². The van der Waals surface area contributed by atoms with Gasteiger partial charge in [0.15, 0.2) is 16.6 Å². The summed E-state index contributed by atoms with van der Waals surface area (Å²) in [5.41, 5.74) is 0.350. The van der Waals surface area contributed by atoms with Gasteiger partial charge in [-0.2, -0.15) is 0 Å². The molecule has 1 heterocycles. The van der Waals surface area contributed by atoms with Crippen molar-refractivity contribution < 1.29 is 33.7 Å². The fraction of sp³-hybridized carbons (Fsp3) is 0.143. The van der Waals surface area contributed by atoms with Crippen molar-refractivity contribution >= 4 is 46.9 Å². The Morgan fingerprint density at radius 3 is 2.39 bits per heavy atom. The van der Waals surface area contributed by atoms with Crippen LogP contribution in [0.15, 0.2) is 42.0 Å². The molecule has 0 spiro atoms. The number of hydrogen-bond donors (Lipinski definition) is 2. The van der Waals surface area contributed by atoms with E-state index in [0.717, 1.165) is 4.90 Å². The highest BCUT2D eigenvalue weighted by molar-refractivity contribution is 7.80. The van der Waals surface area contributed by atoms with Crippen molar-refractivity contribution in [3.8, 4) is 17.2 Å². The summed E-state index contributed by atoms with van der Waals surface area (Å²) in [6, 6.07) is 8.88. The zero-order valence-corrected chi connectivity index (χ0v) is 17.6. The van der Waals surface area contributed by atoms with Crippen LogP contribution in [-0.2, 0) is 9.59 Å². The first-order valence-corrected chi connectivity index (χ1v) is 9.27. The number of rotatable bonds is 6. The molecule has 0 aromatic heterocycles. The Labute approximate surface area is 182 Å². The number of carbonyl (C=O) groups is 3. The molecule has 31 heavy (non-hydrogen) atoms. The van der Waals surface area contributed by atoms with Crippen molar-refractivity contribution in [2.45, 2.75) is 0 Å². The molecular weight excluding hydrogens is 424 g/mol. The second-order valence-corrected chi connectivity index (χ2v) is 6.62. The number of nitrogens with one attached hydrogen (secondary N) is 1. The molecule has 2 aromatic carbocycles. The Morgan fingerprint density at radius 1 is 1.06 bits per heavy atom. The largest absolute Gasteiger partial charge is 0.493 e. The first-order chi connectivity index (χ1) is 14.8. The van der Waals surface area contributed by atoms with Crippen LogP contribution in [0.2, 0.25) is 0 Å². The van der Waals surface area contributed by atoms with Crippen molar-refractivity contribution in [3.63, 3.8) is 0 Å². The van der Waals surface area contributed by atoms with Gasteiger partial charge in [-0.05, 0) is 48.6 Å². The van der Waals surface area contributed by atoms with E-state index in [4.69, 9.17) is 26.4 Å². The molecule has 1 fully saturated rings. The van der Waals surface area contributed by atoms with Gasteiger partial charge in [-0.25, -0.2) is 4.79 Å². The van der Waals surface area contributed by atoms with E-state index in [1.54, 1.807) is 12.1 Å². The Kier molecular flexibility index (Phi) is 6.21. The highest BCUT2D eigenvalue weighted by Crippen LogP contribution is 2.40. The molecule has 1 aliphatic heterocycles. The molecule has 9 nitrogen and oxygen atoms in total. The second-order valence-electron chi connectivity index (χ2n) is 6.24. The van der Waals surface area contributed by atoms with E-state index < -0.39 is 17.8 Å². The topological polar surface area (TPSA) is 114 Å². The monoisotopic (exact) mass is 442 g/mol. The highest BCUT2D eigenvalue weighted by Gasteiger charge is 2.35. The maximum atomic E-state index is 13.2. The summed E-state index contributed by atoms with van der Waals surface area (Å²) < 4.78 is 16.0. The van der Waals surface area contributed by atoms with Crippen molar-refractivity contribution in [1.82, 2.24) is 5.32 Å². The number of carbonyl (C=O) groups excluding carboxylic acids is 2. The van der Waals surface area contributed by atoms with E-state index in [9.17, 15) is 19.5 Å². The zero-order valence-electron chi connectivity index (χ0n) is 16.8. The Bertz CT molecular complexity index is 1130. The number of amides is 2. The minimum Gasteiger partial charge on any atom is -0.493 e. The van der Waals surface area contributed by atoms with Gasteiger partial charge in [0, 0.05) is 5.56 Å². The van der Waals surface area contributed by atoms with Gasteiger partial charge in [0.2, 0.25) is 5.75 Å². The number of thiocarbonyl (C=S) groups is 1. The number of anilines is 1. The Morgan fingerprint density at radius 2 is 1.77 bits per heavy atom. The molecule has 2 amide bonds. The molecule has 1 saturated heterocycles. The molecular formula is C21H18N2O7S. The van der Waals surface area contributed by atoms with Crippen LogP contribution in [0.1, 0.15) is 15.9 Å². The molecule has 0 unspecified atom stereocenters. The average Bonchev–Trinajstić information content (AvgIpc) is 2.75. The third kappa shape index (κ3) is 4.05. The number of ether oxygens (including phenoxy) is 3. The van der Waals surface area contributed by atoms with Gasteiger partial charge in [0.05, 0.1) is 32.6 Å². The van der Waals surface area contributed by atoms with Crippen molar-refractivity contribution in [2.75, 3.05) is 26.2 Å². The van der Waals surface area contributed by atoms with E-state index >= 15 is 0 Å². The standard InChI is InChI=1S/C21H18N2O7S/c1-28-15-8-7-11(16(29-2)17(15)30-3)10-14-18(24)22-21(31)23(19(14)25)13-6-4-5-12(9-13)20(26)27/h4-10H,1-3H3,(H,26,27)(H,22,24,31). The molecule has 0 radical (unpaired) electrons. The van der Waals surface area contributed by atoms with Crippen molar-refractivity contribution in [3.05, 3.63) is 53.1 Å². The van der Waals surface area contributed by atoms with E-state index in [1.807, 2.05) is 0 Å². The van der Waals surface area contributed by atoms with Crippen LogP contribution in [0.25, 0.3) is 6.08 Å². The second kappa shape index (κ2) is 8.84. The van der Waals surface area contributed by atoms with Gasteiger partial charge < -0.3 is 19.3 Å². The quantitative estimate of drug-likeness (QED) is 0.398. The van der Waals surface area contributed by atoms with Gasteiger partial charge in [-0.3, -0.25) is 19.8 Å². The van der Waals surface area contributed by atoms with Crippen LogP contribution in [-0.4, -0.2) is 49.3 Å². The normalized spacial score (nSPS) is 15.0. The number of aromatic carboxylic acids is 1. The maximum Gasteiger partial charge on any atom is 0.335 e. The molecule has 10 heteroatoms. The van der Waals surface area contributed by atoms with Gasteiger partial charge in [-0.1, -0.05) is 6.07 Å². The third-order valence-electron chi connectivity index (χ3n) is 4.49. The number of carboxylic acids is 1. The minimum atomic E-state index is -1.16. The number of nitrogens with zero attached hydrogens (tertiary/aromatic N) is 1. The fourth-order valence-corrected chi connectivity index (χ4v) is 3.34. The number of carboxylic acid groups (broad SMARTS) is 1. The van der Waals surface area contributed by atoms with Crippen LogP contribution in [0.3, 0.4) is 0 Å². The molecule has 0 saturated carbocycles. The molecule has 3 rings (SSSR count). The van der Waals surface area contributed by atoms with Crippen LogP contribution in [0.4, 0.5) is 5.69 Å². The summed E-state index contributed by atoms with van der Waals surface area (Å²) in [5.74, 6) is -1.60. The Balaban J connectivity index is 2.10. The van der Waals surface area contributed by atoms with Crippen LogP contribution >= 0.6 is 12.2 Å². The first kappa shape index (κ1) is 21.8. The molecule has 2 N–H and O–H groups in total. The first-order valence-electron chi connectivity index (χ1n) is 8.86. The average molecular weight is 442 g/mol. The number of benzene rings is 2. The van der Waals surface area contributed by atoms with Gasteiger partial charge in [0.1, 0.15) is 5.57 Å². The lowest BCUT2D eigenvalue weighted by Gasteiger charge is -2.29. The molecule has 0 bridgehead atoms. The minimum absolute atomic E-state index is 0.0305. The lowest BCUT2D eigenvalue weighted by atomic mass is 10.0. The number of hydrogen-bond acceptors (Lipinski definition) is 7. The molecule has 160 valence electrons. The van der Waals surface area contributed by atoms with E-state index in [-0.39, 0.29) is 27.7 Å². The SMILES string of the molecule is COc1ccc(C=C2C(=O)NC(=S)N(c3cccc(C(=O)O)c3)C2=O)c(OC)c1OC. The van der Waals surface area contributed by atoms with Crippen LogP contribution in [0, 0.1) is 0 Å². The molecule has 0 atom stereocenters. The van der Waals surface area contributed by atoms with Gasteiger partial charge >= 0.3 is 5.97 Å². The summed E-state index contributed by atoms with van der Waals surface area (Å²) in [4.78, 5) is 38.1. The lowest BCUT2D eigenvalue weighted by Crippen LogP contribution is -2.54. The van der Waals surface area contributed by atoms with Crippen molar-refractivity contribution in [1.29, 1.82) is 0 Å². The third-order valence-corrected chi connectivity index (χ3v) is 4.77. The maximum absolute atomic E-state index is 13.2. The van der Waals surface area contributed by atoms with Crippen LogP contribution < -0.4 is 24.4 Å². The van der Waals surface area contributed by atoms with Crippen molar-refractivity contribution in [2.24, 2.45) is 0 Å². The summed E-state index contributed by atoms with van der Waals surface area (Å²) in [7, 11) is 4.32.